The van der Waals surface area contributed by atoms with Gasteiger partial charge in [0.25, 0.3) is 6.01 Å². The lowest BCUT2D eigenvalue weighted by molar-refractivity contribution is 0.231. The first kappa shape index (κ1) is 4.85. The number of aryl methyl sites for hydroxylation is 1. The Balaban J connectivity index is 2.39. The summed E-state index contributed by atoms with van der Waals surface area (Å²) < 4.78 is 7.15. The number of hydrogen-bond donors (Lipinski definition) is 0. The molecule has 0 spiro atoms. The van der Waals surface area contributed by atoms with Gasteiger partial charge in [-0.1, -0.05) is 0 Å². The molecule has 0 aliphatic carbocycles. The maximum atomic E-state index is 5.18. The van der Waals surface area contributed by atoms with E-state index < -0.39 is 0 Å². The molecule has 3 nitrogen and oxygen atoms in total. The van der Waals surface area contributed by atoms with Crippen molar-refractivity contribution in [2.45, 2.75) is 13.0 Å². The Morgan fingerprint density at radius 2 is 2.78 bits per heavy atom. The molecule has 0 saturated heterocycles. The number of nitrogens with zero attached hydrogens (tertiary/aromatic N) is 2. The second kappa shape index (κ2) is 1.76. The highest BCUT2D eigenvalue weighted by atomic mass is 16.5. The molecule has 3 heteroatoms. The summed E-state index contributed by atoms with van der Waals surface area (Å²) in [6.07, 6.45) is 5.62. The lowest BCUT2D eigenvalue weighted by Gasteiger charge is -2.13. The minimum atomic E-state index is 0.709. The number of ether oxygens (including phenoxy) is 1. The fourth-order valence-electron chi connectivity index (χ4n) is 0.947. The van der Waals surface area contributed by atoms with Gasteiger partial charge in [-0.25, -0.2) is 0 Å². The van der Waals surface area contributed by atoms with E-state index in [1.807, 2.05) is 10.8 Å². The summed E-state index contributed by atoms with van der Waals surface area (Å²) in [6, 6.07) is 0.709. The Labute approximate surface area is 53.3 Å². The fraction of sp³-hybridized carbons (Fsp3) is 0.500. The predicted octanol–water partition coefficient (Wildman–Crippen LogP) is 0.466. The van der Waals surface area contributed by atoms with E-state index in [9.17, 15) is 0 Å². The van der Waals surface area contributed by atoms with Gasteiger partial charge in [-0.15, -0.1) is 0 Å². The molecule has 47 valence electrons. The van der Waals surface area contributed by atoms with Gasteiger partial charge in [-0.2, -0.15) is 4.98 Å². The highest BCUT2D eigenvalue weighted by molar-refractivity contribution is 4.98. The van der Waals surface area contributed by atoms with Crippen molar-refractivity contribution in [3.8, 4) is 6.01 Å². The summed E-state index contributed by atoms with van der Waals surface area (Å²) in [6.45, 7) is 1.82. The van der Waals surface area contributed by atoms with Gasteiger partial charge in [0.1, 0.15) is 6.20 Å². The molecular weight excluding hydrogens is 116 g/mol. The van der Waals surface area contributed by atoms with Crippen LogP contribution in [0.4, 0.5) is 0 Å². The van der Waals surface area contributed by atoms with E-state index in [0.717, 1.165) is 19.6 Å². The third-order valence-corrected chi connectivity index (χ3v) is 1.39. The molecule has 1 radical (unpaired) electrons. The van der Waals surface area contributed by atoms with Crippen molar-refractivity contribution in [2.24, 2.45) is 0 Å². The molecule has 0 unspecified atom stereocenters. The minimum Gasteiger partial charge on any atom is -0.465 e. The van der Waals surface area contributed by atoms with Crippen molar-refractivity contribution in [3.05, 3.63) is 12.4 Å². The van der Waals surface area contributed by atoms with Crippen LogP contribution in [0.3, 0.4) is 0 Å². The Bertz CT molecular complexity index is 186. The zero-order chi connectivity index (χ0) is 6.10. The van der Waals surface area contributed by atoms with Crippen molar-refractivity contribution in [1.29, 1.82) is 0 Å². The number of fused-ring (bicyclic) bond motifs is 1. The van der Waals surface area contributed by atoms with Crippen LogP contribution < -0.4 is 4.74 Å². The zero-order valence-corrected chi connectivity index (χ0v) is 5.00. The molecule has 2 rings (SSSR count). The van der Waals surface area contributed by atoms with E-state index in [4.69, 9.17) is 4.74 Å². The largest absolute Gasteiger partial charge is 0.465 e. The maximum Gasteiger partial charge on any atom is 0.296 e. The zero-order valence-electron chi connectivity index (χ0n) is 5.00. The highest BCUT2D eigenvalue weighted by Crippen LogP contribution is 2.12. The monoisotopic (exact) mass is 123 g/mol. The van der Waals surface area contributed by atoms with Crippen LogP contribution in [-0.4, -0.2) is 16.2 Å². The van der Waals surface area contributed by atoms with Crippen LogP contribution >= 0.6 is 0 Å². The molecule has 0 fully saturated rings. The maximum absolute atomic E-state index is 5.18. The summed E-state index contributed by atoms with van der Waals surface area (Å²) in [5, 5.41) is 0. The highest BCUT2D eigenvalue weighted by Gasteiger charge is 2.07. The molecule has 0 aromatic carbocycles. The van der Waals surface area contributed by atoms with Crippen LogP contribution in [0.25, 0.3) is 0 Å². The van der Waals surface area contributed by atoms with Crippen LogP contribution in [-0.2, 0) is 6.54 Å². The van der Waals surface area contributed by atoms with Crippen molar-refractivity contribution >= 4 is 0 Å². The third kappa shape index (κ3) is 0.686. The van der Waals surface area contributed by atoms with Crippen molar-refractivity contribution in [1.82, 2.24) is 9.55 Å². The Morgan fingerprint density at radius 3 is 3.67 bits per heavy atom. The smallest absolute Gasteiger partial charge is 0.296 e. The molecule has 0 bridgehead atoms. The summed E-state index contributed by atoms with van der Waals surface area (Å²) in [4.78, 5) is 3.87. The van der Waals surface area contributed by atoms with Gasteiger partial charge in [0.05, 0.1) is 6.61 Å². The molecule has 1 aromatic rings. The summed E-state index contributed by atoms with van der Waals surface area (Å²) in [7, 11) is 0. The van der Waals surface area contributed by atoms with Crippen LogP contribution in [0.15, 0.2) is 6.20 Å². The van der Waals surface area contributed by atoms with Crippen molar-refractivity contribution in [2.75, 3.05) is 6.61 Å². The first-order valence-electron chi connectivity index (χ1n) is 3.03. The molecular formula is C6H7N2O. The van der Waals surface area contributed by atoms with Gasteiger partial charge in [-0.05, 0) is 6.42 Å². The van der Waals surface area contributed by atoms with E-state index in [1.165, 1.54) is 0 Å². The van der Waals surface area contributed by atoms with Gasteiger partial charge in [0.15, 0.2) is 0 Å². The number of imidazole rings is 1. The molecule has 0 amide bonds. The number of aromatic nitrogens is 2. The molecule has 1 aromatic heterocycles. The SMILES string of the molecule is [c]1cn2c(n1)OCCC2. The second-order valence-corrected chi connectivity index (χ2v) is 2.05. The van der Waals surface area contributed by atoms with Gasteiger partial charge < -0.3 is 9.30 Å². The summed E-state index contributed by atoms with van der Waals surface area (Å²) in [5.74, 6) is 0. The first-order valence-corrected chi connectivity index (χ1v) is 3.03. The molecule has 1 aliphatic heterocycles. The van der Waals surface area contributed by atoms with Gasteiger partial charge >= 0.3 is 0 Å². The van der Waals surface area contributed by atoms with Crippen LogP contribution in [0.5, 0.6) is 6.01 Å². The topological polar surface area (TPSA) is 27.1 Å². The van der Waals surface area contributed by atoms with E-state index in [1.54, 1.807) is 0 Å². The lowest BCUT2D eigenvalue weighted by atomic mass is 10.4. The Kier molecular flexibility index (Phi) is 0.946. The lowest BCUT2D eigenvalue weighted by Crippen LogP contribution is -2.13. The van der Waals surface area contributed by atoms with E-state index in [2.05, 4.69) is 11.2 Å². The van der Waals surface area contributed by atoms with E-state index >= 15 is 0 Å². The van der Waals surface area contributed by atoms with Gasteiger partial charge in [0.2, 0.25) is 0 Å². The Hall–Kier alpha value is -0.990. The molecule has 2 heterocycles. The second-order valence-electron chi connectivity index (χ2n) is 2.05. The predicted molar refractivity (Wildman–Crippen MR) is 31.2 cm³/mol. The molecule has 9 heavy (non-hydrogen) atoms. The van der Waals surface area contributed by atoms with Gasteiger partial charge in [-0.3, -0.25) is 0 Å². The standard InChI is InChI=1S/C6H7N2O/c1-3-8-4-2-7-6(8)9-5-1/h4H,1,3,5H2. The molecule has 0 saturated carbocycles. The average molecular weight is 123 g/mol. The van der Waals surface area contributed by atoms with E-state index in [-0.39, 0.29) is 0 Å². The summed E-state index contributed by atoms with van der Waals surface area (Å²) in [5.41, 5.74) is 0. The van der Waals surface area contributed by atoms with Crippen LogP contribution in [0.1, 0.15) is 6.42 Å². The van der Waals surface area contributed by atoms with Gasteiger partial charge in [0, 0.05) is 12.7 Å². The number of rotatable bonds is 0. The first-order chi connectivity index (χ1) is 4.47. The van der Waals surface area contributed by atoms with E-state index in [0.29, 0.717) is 6.01 Å². The number of hydrogen-bond acceptors (Lipinski definition) is 2. The summed E-state index contributed by atoms with van der Waals surface area (Å²) >= 11 is 0. The molecule has 0 atom stereocenters. The average Bonchev–Trinajstić information content (AvgIpc) is 2.33. The normalized spacial score (nSPS) is 16.4. The van der Waals surface area contributed by atoms with Crippen LogP contribution in [0, 0.1) is 6.20 Å². The minimum absolute atomic E-state index is 0.709. The molecule has 1 aliphatic rings. The Morgan fingerprint density at radius 1 is 1.78 bits per heavy atom. The van der Waals surface area contributed by atoms with Crippen molar-refractivity contribution in [3.63, 3.8) is 0 Å². The van der Waals surface area contributed by atoms with Crippen molar-refractivity contribution < 1.29 is 4.74 Å². The quantitative estimate of drug-likeness (QED) is 0.501. The fourth-order valence-corrected chi connectivity index (χ4v) is 0.947. The van der Waals surface area contributed by atoms with Crippen LogP contribution in [0.2, 0.25) is 0 Å². The molecule has 0 N–H and O–H groups in total. The third-order valence-electron chi connectivity index (χ3n) is 1.39.